The van der Waals surface area contributed by atoms with Crippen LogP contribution in [-0.4, -0.2) is 10.2 Å². The highest BCUT2D eigenvalue weighted by Crippen LogP contribution is 2.16. The molecule has 92 valence electrons. The molecule has 2 nitrogen and oxygen atoms in total. The lowest BCUT2D eigenvalue weighted by atomic mass is 10.2. The lowest BCUT2D eigenvalue weighted by molar-refractivity contribution is 0.473. The van der Waals surface area contributed by atoms with Gasteiger partial charge >= 0.3 is 0 Å². The summed E-state index contributed by atoms with van der Waals surface area (Å²) in [5.74, 6) is 0.569. The zero-order valence-electron chi connectivity index (χ0n) is 10.1. The van der Waals surface area contributed by atoms with Gasteiger partial charge in [0.15, 0.2) is 0 Å². The van der Waals surface area contributed by atoms with E-state index in [4.69, 9.17) is 10.2 Å². The van der Waals surface area contributed by atoms with E-state index >= 15 is 0 Å². The minimum Gasteiger partial charge on any atom is -0.507 e. The van der Waals surface area contributed by atoms with Crippen molar-refractivity contribution in [3.63, 3.8) is 0 Å². The number of aromatic hydroxyl groups is 2. The van der Waals surface area contributed by atoms with Gasteiger partial charge in [-0.3, -0.25) is 0 Å². The van der Waals surface area contributed by atoms with Crippen molar-refractivity contribution in [2.24, 2.45) is 0 Å². The monoisotopic (exact) mass is 240 g/mol. The molecular weight excluding hydrogens is 224 g/mol. The van der Waals surface area contributed by atoms with Crippen molar-refractivity contribution in [2.45, 2.75) is 0 Å². The molecule has 0 amide bonds. The van der Waals surface area contributed by atoms with Crippen LogP contribution in [0.4, 0.5) is 0 Å². The fourth-order valence-electron chi connectivity index (χ4n) is 1.32. The molecule has 0 radical (unpaired) electrons. The van der Waals surface area contributed by atoms with Crippen molar-refractivity contribution in [3.05, 3.63) is 72.8 Å². The quantitative estimate of drug-likeness (QED) is 0.830. The standard InChI is InChI=1S/2C8H8O/c2*1-2-7-5-3-4-6-8(7)9/h2*2-6,9H,1H2. The van der Waals surface area contributed by atoms with Gasteiger partial charge in [-0.1, -0.05) is 61.7 Å². The number of rotatable bonds is 2. The third-order valence-corrected chi connectivity index (χ3v) is 2.31. The summed E-state index contributed by atoms with van der Waals surface area (Å²) in [5, 5.41) is 18.1. The minimum absolute atomic E-state index is 0.285. The van der Waals surface area contributed by atoms with Crippen molar-refractivity contribution in [3.8, 4) is 11.5 Å². The van der Waals surface area contributed by atoms with Gasteiger partial charge in [0.1, 0.15) is 11.5 Å². The highest BCUT2D eigenvalue weighted by molar-refractivity contribution is 5.55. The first-order valence-corrected chi connectivity index (χ1v) is 5.50. The van der Waals surface area contributed by atoms with Crippen LogP contribution in [0.2, 0.25) is 0 Å². The number of para-hydroxylation sites is 2. The van der Waals surface area contributed by atoms with E-state index in [1.165, 1.54) is 0 Å². The summed E-state index contributed by atoms with van der Waals surface area (Å²) >= 11 is 0. The van der Waals surface area contributed by atoms with Crippen LogP contribution in [0.1, 0.15) is 11.1 Å². The predicted octanol–water partition coefficient (Wildman–Crippen LogP) is 4.07. The van der Waals surface area contributed by atoms with Gasteiger partial charge in [-0.2, -0.15) is 0 Å². The molecule has 0 saturated carbocycles. The second-order valence-corrected chi connectivity index (χ2v) is 3.53. The van der Waals surface area contributed by atoms with Crippen molar-refractivity contribution in [2.75, 3.05) is 0 Å². The van der Waals surface area contributed by atoms with Crippen LogP contribution >= 0.6 is 0 Å². The number of benzene rings is 2. The Morgan fingerprint density at radius 1 is 0.667 bits per heavy atom. The predicted molar refractivity (Wildman–Crippen MR) is 76.4 cm³/mol. The van der Waals surface area contributed by atoms with Crippen LogP contribution in [0, 0.1) is 0 Å². The van der Waals surface area contributed by atoms with Gasteiger partial charge in [0.2, 0.25) is 0 Å². The normalized spacial score (nSPS) is 8.89. The smallest absolute Gasteiger partial charge is 0.122 e. The van der Waals surface area contributed by atoms with E-state index in [1.54, 1.807) is 36.4 Å². The average molecular weight is 240 g/mol. The number of hydrogen-bond acceptors (Lipinski definition) is 2. The summed E-state index contributed by atoms with van der Waals surface area (Å²) in [6, 6.07) is 14.2. The number of phenolic OH excluding ortho intramolecular Hbond substituents is 2. The second kappa shape index (κ2) is 6.97. The molecule has 0 aromatic heterocycles. The largest absolute Gasteiger partial charge is 0.507 e. The summed E-state index contributed by atoms with van der Waals surface area (Å²) in [4.78, 5) is 0. The molecule has 2 aromatic carbocycles. The van der Waals surface area contributed by atoms with Gasteiger partial charge in [0, 0.05) is 11.1 Å². The van der Waals surface area contributed by atoms with Crippen LogP contribution < -0.4 is 0 Å². The van der Waals surface area contributed by atoms with Crippen molar-refractivity contribution in [1.29, 1.82) is 0 Å². The Morgan fingerprint density at radius 3 is 1.22 bits per heavy atom. The van der Waals surface area contributed by atoms with Gasteiger partial charge in [0.05, 0.1) is 0 Å². The Labute approximate surface area is 107 Å². The van der Waals surface area contributed by atoms with E-state index in [0.717, 1.165) is 11.1 Å². The zero-order valence-corrected chi connectivity index (χ0v) is 10.1. The van der Waals surface area contributed by atoms with Gasteiger partial charge in [-0.25, -0.2) is 0 Å². The molecule has 0 aliphatic heterocycles. The zero-order chi connectivity index (χ0) is 13.4. The van der Waals surface area contributed by atoms with Crippen LogP contribution in [-0.2, 0) is 0 Å². The highest BCUT2D eigenvalue weighted by atomic mass is 16.3. The van der Waals surface area contributed by atoms with Crippen LogP contribution in [0.5, 0.6) is 11.5 Å². The molecule has 0 bridgehead atoms. The molecule has 0 heterocycles. The molecule has 0 aliphatic carbocycles. The van der Waals surface area contributed by atoms with Crippen LogP contribution in [0.15, 0.2) is 61.7 Å². The highest BCUT2D eigenvalue weighted by Gasteiger charge is 1.90. The summed E-state index contributed by atoms with van der Waals surface area (Å²) in [6.07, 6.45) is 3.24. The fourth-order valence-corrected chi connectivity index (χ4v) is 1.32. The van der Waals surface area contributed by atoms with E-state index in [2.05, 4.69) is 13.2 Å². The molecule has 18 heavy (non-hydrogen) atoms. The lowest BCUT2D eigenvalue weighted by Crippen LogP contribution is -1.69. The molecule has 0 fully saturated rings. The number of hydrogen-bond donors (Lipinski definition) is 2. The Bertz CT molecular complexity index is 481. The van der Waals surface area contributed by atoms with Crippen LogP contribution in [0.25, 0.3) is 12.2 Å². The fraction of sp³-hybridized carbons (Fsp3) is 0. The molecule has 2 N–H and O–H groups in total. The van der Waals surface area contributed by atoms with E-state index in [0.29, 0.717) is 0 Å². The van der Waals surface area contributed by atoms with Crippen molar-refractivity contribution >= 4 is 12.2 Å². The molecule has 0 saturated heterocycles. The Balaban J connectivity index is 0.000000180. The molecule has 0 aliphatic rings. The molecule has 0 spiro atoms. The Morgan fingerprint density at radius 2 is 1.00 bits per heavy atom. The molecule has 2 rings (SSSR count). The molecule has 0 atom stereocenters. The summed E-state index contributed by atoms with van der Waals surface area (Å²) in [7, 11) is 0. The Hall–Kier alpha value is -2.48. The third-order valence-electron chi connectivity index (χ3n) is 2.31. The average Bonchev–Trinajstić information content (AvgIpc) is 2.41. The van der Waals surface area contributed by atoms with Crippen molar-refractivity contribution < 1.29 is 10.2 Å². The molecule has 2 aromatic rings. The number of phenols is 2. The molecule has 2 heteroatoms. The van der Waals surface area contributed by atoms with E-state index in [-0.39, 0.29) is 11.5 Å². The van der Waals surface area contributed by atoms with Gasteiger partial charge < -0.3 is 10.2 Å². The molecular formula is C16H16O2. The minimum atomic E-state index is 0.285. The summed E-state index contributed by atoms with van der Waals surface area (Å²) in [6.45, 7) is 7.06. The van der Waals surface area contributed by atoms with Gasteiger partial charge in [-0.05, 0) is 12.1 Å². The third kappa shape index (κ3) is 3.83. The maximum atomic E-state index is 9.04. The first kappa shape index (κ1) is 13.6. The van der Waals surface area contributed by atoms with Crippen molar-refractivity contribution in [1.82, 2.24) is 0 Å². The van der Waals surface area contributed by atoms with E-state index in [9.17, 15) is 0 Å². The first-order valence-electron chi connectivity index (χ1n) is 5.50. The second-order valence-electron chi connectivity index (χ2n) is 3.53. The van der Waals surface area contributed by atoms with E-state index < -0.39 is 0 Å². The van der Waals surface area contributed by atoms with Gasteiger partial charge in [-0.15, -0.1) is 0 Å². The van der Waals surface area contributed by atoms with Crippen LogP contribution in [0.3, 0.4) is 0 Å². The first-order chi connectivity index (χ1) is 8.69. The lowest BCUT2D eigenvalue weighted by Gasteiger charge is -1.93. The summed E-state index contributed by atoms with van der Waals surface area (Å²) in [5.41, 5.74) is 1.55. The van der Waals surface area contributed by atoms with Gasteiger partial charge in [0.25, 0.3) is 0 Å². The maximum absolute atomic E-state index is 9.04. The maximum Gasteiger partial charge on any atom is 0.122 e. The summed E-state index contributed by atoms with van der Waals surface area (Å²) < 4.78 is 0. The molecule has 0 unspecified atom stereocenters. The Kier molecular flexibility index (Phi) is 5.26. The topological polar surface area (TPSA) is 40.5 Å². The SMILES string of the molecule is C=Cc1ccccc1O.C=Cc1ccccc1O. The van der Waals surface area contributed by atoms with E-state index in [1.807, 2.05) is 24.3 Å².